The second-order valence-electron chi connectivity index (χ2n) is 17.9. The lowest BCUT2D eigenvalue weighted by molar-refractivity contribution is 1.07. The predicted octanol–water partition coefficient (Wildman–Crippen LogP) is 16.3. The van der Waals surface area contributed by atoms with Gasteiger partial charge in [-0.25, -0.2) is 19.9 Å². The molecule has 0 N–H and O–H groups in total. The lowest BCUT2D eigenvalue weighted by Crippen LogP contribution is -2.11. The smallest absolute Gasteiger partial charge is 0.164 e. The van der Waals surface area contributed by atoms with E-state index in [-0.39, 0.29) is 0 Å². The van der Waals surface area contributed by atoms with Gasteiger partial charge >= 0.3 is 0 Å². The Bertz CT molecular complexity index is 3700. The van der Waals surface area contributed by atoms with Gasteiger partial charge in [-0.1, -0.05) is 194 Å². The molecule has 4 heterocycles. The van der Waals surface area contributed by atoms with E-state index in [0.717, 1.165) is 107 Å². The monoisotopic (exact) mass is 925 g/mol. The minimum atomic E-state index is 0.609. The summed E-state index contributed by atoms with van der Waals surface area (Å²) in [5, 5.41) is 0. The van der Waals surface area contributed by atoms with Crippen LogP contribution >= 0.6 is 0 Å². The van der Waals surface area contributed by atoms with Gasteiger partial charge in [-0.2, -0.15) is 0 Å². The molecule has 0 saturated heterocycles. The maximum atomic E-state index is 5.12. The third-order valence-electron chi connectivity index (χ3n) is 13.0. The Morgan fingerprint density at radius 1 is 0.292 bits per heavy atom. The summed E-state index contributed by atoms with van der Waals surface area (Å²) >= 11 is 0. The molecule has 4 aromatic heterocycles. The van der Waals surface area contributed by atoms with Gasteiger partial charge in [0, 0.05) is 62.5 Å². The molecule has 0 unspecified atom stereocenters. The Hall–Kier alpha value is -9.59. The van der Waals surface area contributed by atoms with Crippen molar-refractivity contribution in [3.8, 4) is 90.1 Å². The maximum absolute atomic E-state index is 5.12. The van der Waals surface area contributed by atoms with Gasteiger partial charge in [-0.05, 0) is 95.8 Å². The van der Waals surface area contributed by atoms with Crippen LogP contribution in [0, 0.1) is 13.8 Å². The Labute approximate surface area is 419 Å². The SMILES string of the molecule is Cc1cc(N(c2ccc(-c3ccc(-c4nc(-c5ccc(-c6ccccc6)cc5)nc(-c5ccc(-c6ccccc6)cc5)n4)cc3)cc2)c2ccc(-c3nc4ccccn4c3-c3ccccc3)cc2)cc(C)n1. The van der Waals surface area contributed by atoms with Gasteiger partial charge in [-0.15, -0.1) is 0 Å². The molecule has 72 heavy (non-hydrogen) atoms. The Morgan fingerprint density at radius 3 is 1.07 bits per heavy atom. The zero-order chi connectivity index (χ0) is 48.4. The number of hydrogen-bond donors (Lipinski definition) is 0. The van der Waals surface area contributed by atoms with E-state index < -0.39 is 0 Å². The Balaban J connectivity index is 0.860. The summed E-state index contributed by atoms with van der Waals surface area (Å²) in [5.41, 5.74) is 19.6. The first-order valence-electron chi connectivity index (χ1n) is 24.1. The molecule has 12 aromatic rings. The molecular formula is C65H47N7. The van der Waals surface area contributed by atoms with E-state index in [1.54, 1.807) is 0 Å². The van der Waals surface area contributed by atoms with Gasteiger partial charge in [0.05, 0.1) is 11.4 Å². The highest BCUT2D eigenvalue weighted by atomic mass is 15.1. The summed E-state index contributed by atoms with van der Waals surface area (Å²) in [4.78, 5) is 27.4. The molecular weight excluding hydrogens is 879 g/mol. The summed E-state index contributed by atoms with van der Waals surface area (Å²) < 4.78 is 2.17. The van der Waals surface area contributed by atoms with E-state index in [4.69, 9.17) is 24.9 Å². The summed E-state index contributed by atoms with van der Waals surface area (Å²) in [6.07, 6.45) is 2.08. The third kappa shape index (κ3) is 8.83. The van der Waals surface area contributed by atoms with E-state index in [2.05, 4.69) is 228 Å². The number of pyridine rings is 2. The fourth-order valence-electron chi connectivity index (χ4n) is 9.49. The van der Waals surface area contributed by atoms with Crippen molar-refractivity contribution in [2.75, 3.05) is 4.90 Å². The van der Waals surface area contributed by atoms with Gasteiger partial charge < -0.3 is 4.90 Å². The van der Waals surface area contributed by atoms with Gasteiger partial charge in [0.15, 0.2) is 17.5 Å². The average molecular weight is 926 g/mol. The van der Waals surface area contributed by atoms with Gasteiger partial charge in [0.2, 0.25) is 0 Å². The van der Waals surface area contributed by atoms with Crippen LogP contribution in [0.25, 0.3) is 95.7 Å². The number of rotatable bonds is 11. The van der Waals surface area contributed by atoms with Crippen molar-refractivity contribution in [2.24, 2.45) is 0 Å². The van der Waals surface area contributed by atoms with Crippen molar-refractivity contribution in [3.05, 3.63) is 260 Å². The van der Waals surface area contributed by atoms with Crippen LogP contribution in [0.15, 0.2) is 249 Å². The van der Waals surface area contributed by atoms with E-state index in [0.29, 0.717) is 17.5 Å². The molecule has 8 aromatic carbocycles. The molecule has 0 aliphatic heterocycles. The molecule has 0 atom stereocenters. The van der Waals surface area contributed by atoms with Crippen molar-refractivity contribution in [1.82, 2.24) is 29.3 Å². The number of imidazole rings is 1. The lowest BCUT2D eigenvalue weighted by atomic mass is 10.0. The van der Waals surface area contributed by atoms with E-state index >= 15 is 0 Å². The number of aryl methyl sites for hydroxylation is 2. The third-order valence-corrected chi connectivity index (χ3v) is 13.0. The number of fused-ring (bicyclic) bond motifs is 1. The number of aromatic nitrogens is 6. The molecule has 0 saturated carbocycles. The highest BCUT2D eigenvalue weighted by Gasteiger charge is 2.19. The molecule has 0 amide bonds. The standard InChI is InChI=1S/C65H47N7/c1-44-42-59(43-45(2)66-44)72(58-39-35-52(36-40-58)61-62(53-18-10-5-11-19-53)71-41-13-12-20-60(71)67-61)57-37-33-51(34-38-57)50-25-31-56(32-26-50)65-69-63(54-27-21-48(22-28-54)46-14-6-3-7-15-46)68-64(70-65)55-29-23-49(24-30-55)47-16-8-4-9-17-47/h3-43H,1-2H3. The van der Waals surface area contributed by atoms with Crippen LogP contribution in [0.1, 0.15) is 11.4 Å². The van der Waals surface area contributed by atoms with Crippen LogP contribution in [0.4, 0.5) is 17.1 Å². The predicted molar refractivity (Wildman–Crippen MR) is 294 cm³/mol. The molecule has 0 bridgehead atoms. The number of nitrogens with zero attached hydrogens (tertiary/aromatic N) is 7. The highest BCUT2D eigenvalue weighted by Crippen LogP contribution is 2.39. The van der Waals surface area contributed by atoms with Crippen molar-refractivity contribution < 1.29 is 0 Å². The zero-order valence-corrected chi connectivity index (χ0v) is 39.8. The number of hydrogen-bond acceptors (Lipinski definition) is 6. The fraction of sp³-hybridized carbons (Fsp3) is 0.0308. The second-order valence-corrected chi connectivity index (χ2v) is 17.9. The van der Waals surface area contributed by atoms with Crippen molar-refractivity contribution in [3.63, 3.8) is 0 Å². The topological polar surface area (TPSA) is 72.1 Å². The minimum Gasteiger partial charge on any atom is -0.310 e. The number of anilines is 3. The Morgan fingerprint density at radius 2 is 0.639 bits per heavy atom. The highest BCUT2D eigenvalue weighted by molar-refractivity contribution is 5.85. The Kier molecular flexibility index (Phi) is 11.6. The second kappa shape index (κ2) is 19.1. The van der Waals surface area contributed by atoms with Crippen LogP contribution in [0.5, 0.6) is 0 Å². The molecule has 0 aliphatic carbocycles. The first-order valence-corrected chi connectivity index (χ1v) is 24.1. The first kappa shape index (κ1) is 43.7. The quantitative estimate of drug-likeness (QED) is 0.129. The summed E-state index contributed by atoms with van der Waals surface area (Å²) in [7, 11) is 0. The van der Waals surface area contributed by atoms with Crippen molar-refractivity contribution in [1.29, 1.82) is 0 Å². The maximum Gasteiger partial charge on any atom is 0.164 e. The fourth-order valence-corrected chi connectivity index (χ4v) is 9.49. The molecule has 0 aliphatic rings. The molecule has 342 valence electrons. The molecule has 7 heteroatoms. The largest absolute Gasteiger partial charge is 0.310 e. The molecule has 0 fully saturated rings. The average Bonchev–Trinajstić information content (AvgIpc) is 3.84. The zero-order valence-electron chi connectivity index (χ0n) is 39.8. The lowest BCUT2D eigenvalue weighted by Gasteiger charge is -2.26. The minimum absolute atomic E-state index is 0.609. The molecule has 7 nitrogen and oxygen atoms in total. The van der Waals surface area contributed by atoms with E-state index in [1.807, 2.05) is 44.2 Å². The van der Waals surface area contributed by atoms with Crippen LogP contribution in [-0.4, -0.2) is 29.3 Å². The van der Waals surface area contributed by atoms with Crippen LogP contribution < -0.4 is 4.90 Å². The van der Waals surface area contributed by atoms with Crippen LogP contribution in [-0.2, 0) is 0 Å². The molecule has 0 radical (unpaired) electrons. The van der Waals surface area contributed by atoms with Crippen molar-refractivity contribution >= 4 is 22.7 Å². The molecule has 0 spiro atoms. The van der Waals surface area contributed by atoms with Crippen molar-refractivity contribution in [2.45, 2.75) is 13.8 Å². The number of benzene rings is 8. The van der Waals surface area contributed by atoms with E-state index in [1.165, 1.54) is 0 Å². The van der Waals surface area contributed by atoms with Gasteiger partial charge in [-0.3, -0.25) is 9.38 Å². The normalized spacial score (nSPS) is 11.2. The van der Waals surface area contributed by atoms with Gasteiger partial charge in [0.25, 0.3) is 0 Å². The van der Waals surface area contributed by atoms with Crippen LogP contribution in [0.3, 0.4) is 0 Å². The van der Waals surface area contributed by atoms with Crippen LogP contribution in [0.2, 0.25) is 0 Å². The van der Waals surface area contributed by atoms with E-state index in [9.17, 15) is 0 Å². The summed E-state index contributed by atoms with van der Waals surface area (Å²) in [5.74, 6) is 1.85. The van der Waals surface area contributed by atoms with Gasteiger partial charge in [0.1, 0.15) is 5.65 Å². The summed E-state index contributed by atoms with van der Waals surface area (Å²) in [6.45, 7) is 4.09. The summed E-state index contributed by atoms with van der Waals surface area (Å²) in [6, 6.07) is 84.5. The molecule has 12 rings (SSSR count). The first-order chi connectivity index (χ1) is 35.5.